The van der Waals surface area contributed by atoms with Crippen LogP contribution in [0.3, 0.4) is 0 Å². The van der Waals surface area contributed by atoms with E-state index in [-0.39, 0.29) is 5.56 Å². The first-order valence-electron chi connectivity index (χ1n) is 8.10. The van der Waals surface area contributed by atoms with Gasteiger partial charge in [0.25, 0.3) is 5.56 Å². The highest BCUT2D eigenvalue weighted by atomic mass is 32.1. The molecule has 8 heteroatoms. The Morgan fingerprint density at radius 1 is 1.23 bits per heavy atom. The molecule has 2 heterocycles. The van der Waals surface area contributed by atoms with Crippen LogP contribution in [0.15, 0.2) is 41.5 Å². The van der Waals surface area contributed by atoms with Crippen LogP contribution < -0.4 is 5.56 Å². The maximum absolute atomic E-state index is 12.6. The van der Waals surface area contributed by atoms with Gasteiger partial charge in [0.05, 0.1) is 17.6 Å². The largest absolute Gasteiger partial charge is 0.416 e. The van der Waals surface area contributed by atoms with Crippen LogP contribution in [0, 0.1) is 0 Å². The van der Waals surface area contributed by atoms with Crippen molar-refractivity contribution in [2.45, 2.75) is 32.7 Å². The smallest absolute Gasteiger partial charge is 0.285 e. The molecule has 0 spiro atoms. The minimum Gasteiger partial charge on any atom is -0.285 e. The summed E-state index contributed by atoms with van der Waals surface area (Å²) in [6, 6.07) is 6.93. The molecule has 0 atom stereocenters. The Morgan fingerprint density at radius 3 is 2.54 bits per heavy atom. The van der Waals surface area contributed by atoms with Crippen molar-refractivity contribution in [1.29, 1.82) is 0 Å². The van der Waals surface area contributed by atoms with Crippen LogP contribution in [-0.2, 0) is 25.8 Å². The third-order valence-corrected chi connectivity index (χ3v) is 5.23. The van der Waals surface area contributed by atoms with Crippen molar-refractivity contribution in [3.63, 3.8) is 0 Å². The number of hydrogen-bond donors (Lipinski definition) is 0. The van der Waals surface area contributed by atoms with Crippen LogP contribution in [0.25, 0.3) is 10.2 Å². The quantitative estimate of drug-likeness (QED) is 0.667. The van der Waals surface area contributed by atoms with Gasteiger partial charge < -0.3 is 0 Å². The van der Waals surface area contributed by atoms with E-state index in [0.29, 0.717) is 18.6 Å². The predicted molar refractivity (Wildman–Crippen MR) is 96.2 cm³/mol. The van der Waals surface area contributed by atoms with E-state index in [1.54, 1.807) is 7.05 Å². The molecule has 0 saturated carbocycles. The van der Waals surface area contributed by atoms with E-state index in [9.17, 15) is 18.0 Å². The number of aryl methyl sites for hydroxylation is 1. The average Bonchev–Trinajstić information content (AvgIpc) is 3.01. The summed E-state index contributed by atoms with van der Waals surface area (Å²) in [6.07, 6.45) is -1.96. The Kier molecular flexibility index (Phi) is 5.15. The van der Waals surface area contributed by atoms with Gasteiger partial charge in [-0.3, -0.25) is 14.3 Å². The molecular weight excluding hydrogens is 363 g/mol. The zero-order valence-corrected chi connectivity index (χ0v) is 15.2. The van der Waals surface area contributed by atoms with Crippen molar-refractivity contribution >= 4 is 21.6 Å². The molecule has 0 saturated heterocycles. The third-order valence-electron chi connectivity index (χ3n) is 4.05. The summed E-state index contributed by atoms with van der Waals surface area (Å²) in [5, 5.41) is 0.609. The lowest BCUT2D eigenvalue weighted by atomic mass is 10.1. The van der Waals surface area contributed by atoms with Gasteiger partial charge in [0.2, 0.25) is 0 Å². The fourth-order valence-electron chi connectivity index (χ4n) is 2.71. The van der Waals surface area contributed by atoms with E-state index in [0.717, 1.165) is 33.8 Å². The van der Waals surface area contributed by atoms with Gasteiger partial charge in [0.15, 0.2) is 0 Å². The number of hydrogen-bond acceptors (Lipinski definition) is 4. The second-order valence-corrected chi connectivity index (χ2v) is 7.27. The Labute approximate surface area is 152 Å². The highest BCUT2D eigenvalue weighted by Crippen LogP contribution is 2.29. The number of halogens is 3. The van der Waals surface area contributed by atoms with Gasteiger partial charge in [-0.05, 0) is 37.2 Å². The summed E-state index contributed by atoms with van der Waals surface area (Å²) in [6.45, 7) is 2.76. The molecule has 3 aromatic rings. The van der Waals surface area contributed by atoms with Crippen molar-refractivity contribution in [3.8, 4) is 0 Å². The molecule has 0 aliphatic heterocycles. The van der Waals surface area contributed by atoms with E-state index in [2.05, 4.69) is 4.98 Å². The van der Waals surface area contributed by atoms with E-state index in [1.807, 2.05) is 17.9 Å². The fraction of sp³-hybridized carbons (Fsp3) is 0.333. The van der Waals surface area contributed by atoms with Gasteiger partial charge in [-0.25, -0.2) is 4.98 Å². The van der Waals surface area contributed by atoms with Gasteiger partial charge in [-0.2, -0.15) is 13.2 Å². The minimum absolute atomic E-state index is 0.106. The van der Waals surface area contributed by atoms with Crippen LogP contribution in [0.2, 0.25) is 0 Å². The van der Waals surface area contributed by atoms with Gasteiger partial charge in [0.1, 0.15) is 11.2 Å². The number of rotatable bonds is 5. The zero-order valence-electron chi connectivity index (χ0n) is 14.4. The number of benzene rings is 1. The predicted octanol–water partition coefficient (Wildman–Crippen LogP) is 4.13. The molecule has 0 aliphatic carbocycles. The second kappa shape index (κ2) is 7.20. The number of nitrogens with zero attached hydrogens (tertiary/aromatic N) is 3. The summed E-state index contributed by atoms with van der Waals surface area (Å²) in [4.78, 5) is 20.6. The van der Waals surface area contributed by atoms with Gasteiger partial charge in [0, 0.05) is 11.4 Å². The molecular formula is C18H18F3N3OS. The lowest BCUT2D eigenvalue weighted by Crippen LogP contribution is -2.29. The lowest BCUT2D eigenvalue weighted by molar-refractivity contribution is -0.137. The van der Waals surface area contributed by atoms with Crippen LogP contribution in [-0.4, -0.2) is 21.5 Å². The summed E-state index contributed by atoms with van der Waals surface area (Å²) >= 11 is 1.51. The maximum atomic E-state index is 12.6. The normalized spacial score (nSPS) is 12.2. The topological polar surface area (TPSA) is 38.1 Å². The van der Waals surface area contributed by atoms with Gasteiger partial charge in [-0.1, -0.05) is 19.1 Å². The number of aromatic nitrogens is 2. The SMILES string of the molecule is CCc1cc2c(=O)n(CN(C)Cc3ccc(C(F)(F)F)cc3)cnc2s1. The molecule has 1 aromatic carbocycles. The average molecular weight is 381 g/mol. The molecule has 0 amide bonds. The van der Waals surface area contributed by atoms with E-state index < -0.39 is 11.7 Å². The molecule has 0 radical (unpaired) electrons. The molecule has 138 valence electrons. The first kappa shape index (κ1) is 18.6. The molecule has 4 nitrogen and oxygen atoms in total. The van der Waals surface area contributed by atoms with Crippen LogP contribution in [0.1, 0.15) is 22.9 Å². The Bertz CT molecular complexity index is 960. The highest BCUT2D eigenvalue weighted by molar-refractivity contribution is 7.18. The molecule has 0 aliphatic rings. The number of fused-ring (bicyclic) bond motifs is 1. The van der Waals surface area contributed by atoms with E-state index >= 15 is 0 Å². The summed E-state index contributed by atoms with van der Waals surface area (Å²) in [5.74, 6) is 0. The second-order valence-electron chi connectivity index (χ2n) is 6.15. The third kappa shape index (κ3) is 3.96. The summed E-state index contributed by atoms with van der Waals surface area (Å²) in [7, 11) is 1.80. The first-order chi connectivity index (χ1) is 12.3. The van der Waals surface area contributed by atoms with Crippen molar-refractivity contribution in [1.82, 2.24) is 14.5 Å². The molecule has 0 N–H and O–H groups in total. The van der Waals surface area contributed by atoms with Gasteiger partial charge >= 0.3 is 6.18 Å². The highest BCUT2D eigenvalue weighted by Gasteiger charge is 2.29. The number of thiophene rings is 1. The van der Waals surface area contributed by atoms with Crippen molar-refractivity contribution < 1.29 is 13.2 Å². The summed E-state index contributed by atoms with van der Waals surface area (Å²) < 4.78 is 39.4. The molecule has 0 bridgehead atoms. The lowest BCUT2D eigenvalue weighted by Gasteiger charge is -2.18. The summed E-state index contributed by atoms with van der Waals surface area (Å²) in [5.41, 5.74) is -0.0319. The Hall–Kier alpha value is -2.19. The van der Waals surface area contributed by atoms with Crippen LogP contribution in [0.5, 0.6) is 0 Å². The number of alkyl halides is 3. The molecule has 0 fully saturated rings. The van der Waals surface area contributed by atoms with Crippen molar-refractivity contribution in [2.75, 3.05) is 7.05 Å². The maximum Gasteiger partial charge on any atom is 0.416 e. The molecule has 26 heavy (non-hydrogen) atoms. The van der Waals surface area contributed by atoms with Gasteiger partial charge in [-0.15, -0.1) is 11.3 Å². The zero-order chi connectivity index (χ0) is 18.9. The minimum atomic E-state index is -4.34. The Balaban J connectivity index is 1.73. The van der Waals surface area contributed by atoms with E-state index in [1.165, 1.54) is 34.4 Å². The fourth-order valence-corrected chi connectivity index (χ4v) is 3.63. The Morgan fingerprint density at radius 2 is 1.92 bits per heavy atom. The first-order valence-corrected chi connectivity index (χ1v) is 8.92. The van der Waals surface area contributed by atoms with Crippen molar-refractivity contribution in [3.05, 3.63) is 63.0 Å². The molecule has 0 unspecified atom stereocenters. The van der Waals surface area contributed by atoms with E-state index in [4.69, 9.17) is 0 Å². The standard InChI is InChI=1S/C18H18F3N3OS/c1-3-14-8-15-16(26-14)22-10-24(17(15)25)11-23(2)9-12-4-6-13(7-5-12)18(19,20)21/h4-8,10H,3,9,11H2,1-2H3. The molecule has 2 aromatic heterocycles. The van der Waals surface area contributed by atoms with Crippen LogP contribution in [0.4, 0.5) is 13.2 Å². The van der Waals surface area contributed by atoms with Crippen molar-refractivity contribution in [2.24, 2.45) is 0 Å². The monoisotopic (exact) mass is 381 g/mol. The molecule has 3 rings (SSSR count). The van der Waals surface area contributed by atoms with Crippen LogP contribution >= 0.6 is 11.3 Å².